The Kier molecular flexibility index (Phi) is 4.53. The summed E-state index contributed by atoms with van der Waals surface area (Å²) in [4.78, 5) is 18.0. The van der Waals surface area contributed by atoms with Crippen molar-refractivity contribution >= 4 is 17.2 Å². The van der Waals surface area contributed by atoms with Crippen molar-refractivity contribution in [3.63, 3.8) is 0 Å². The molecule has 0 spiro atoms. The molecule has 3 nitrogen and oxygen atoms in total. The molecule has 0 saturated heterocycles. The third-order valence-corrected chi connectivity index (χ3v) is 4.57. The van der Waals surface area contributed by atoms with Gasteiger partial charge in [-0.15, -0.1) is 11.3 Å². The van der Waals surface area contributed by atoms with E-state index in [0.717, 1.165) is 21.8 Å². The molecule has 4 heteroatoms. The average Bonchev–Trinajstić information content (AvgIpc) is 3.08. The summed E-state index contributed by atoms with van der Waals surface area (Å²) in [6, 6.07) is 15.9. The quantitative estimate of drug-likeness (QED) is 0.775. The zero-order valence-corrected chi connectivity index (χ0v) is 14.0. The second kappa shape index (κ2) is 6.75. The van der Waals surface area contributed by atoms with Crippen LogP contribution in [0.5, 0.6) is 0 Å². The van der Waals surface area contributed by atoms with E-state index in [9.17, 15) is 4.79 Å². The first kappa shape index (κ1) is 15.4. The van der Waals surface area contributed by atoms with Gasteiger partial charge < -0.3 is 5.32 Å². The molecule has 1 N–H and O–H groups in total. The third kappa shape index (κ3) is 3.66. The molecule has 0 aliphatic carbocycles. The van der Waals surface area contributed by atoms with Crippen LogP contribution in [0.25, 0.3) is 10.6 Å². The Labute approximate surface area is 140 Å². The fourth-order valence-electron chi connectivity index (χ4n) is 2.35. The highest BCUT2D eigenvalue weighted by Crippen LogP contribution is 2.23. The molecule has 0 bridgehead atoms. The molecule has 3 rings (SSSR count). The minimum absolute atomic E-state index is 0.0895. The van der Waals surface area contributed by atoms with E-state index in [1.54, 1.807) is 11.3 Å². The summed E-state index contributed by atoms with van der Waals surface area (Å²) in [5.74, 6) is -0.0895. The van der Waals surface area contributed by atoms with Gasteiger partial charge in [0.2, 0.25) is 0 Å². The largest absolute Gasteiger partial charge is 0.348 e. The topological polar surface area (TPSA) is 42.0 Å². The van der Waals surface area contributed by atoms with Crippen molar-refractivity contribution in [2.24, 2.45) is 0 Å². The zero-order valence-electron chi connectivity index (χ0n) is 13.2. The zero-order chi connectivity index (χ0) is 16.2. The van der Waals surface area contributed by atoms with Gasteiger partial charge in [-0.05, 0) is 43.0 Å². The number of rotatable bonds is 4. The second-order valence-corrected chi connectivity index (χ2v) is 6.42. The van der Waals surface area contributed by atoms with Gasteiger partial charge in [-0.3, -0.25) is 9.78 Å². The summed E-state index contributed by atoms with van der Waals surface area (Å²) in [7, 11) is 0. The number of hydrogen-bond donors (Lipinski definition) is 1. The van der Waals surface area contributed by atoms with E-state index in [2.05, 4.69) is 10.3 Å². The smallest absolute Gasteiger partial charge is 0.253 e. The standard InChI is InChI=1S/C19H18N2OS/c1-13-5-7-15(8-6-13)12-20-19(22)16-9-10-17(21-14(16)2)18-4-3-11-23-18/h3-11H,12H2,1-2H3,(H,20,22). The summed E-state index contributed by atoms with van der Waals surface area (Å²) in [5, 5.41) is 4.98. The summed E-state index contributed by atoms with van der Waals surface area (Å²) < 4.78 is 0. The second-order valence-electron chi connectivity index (χ2n) is 5.48. The molecular weight excluding hydrogens is 304 g/mol. The molecular formula is C19H18N2OS. The molecule has 0 aliphatic heterocycles. The first-order chi connectivity index (χ1) is 11.1. The first-order valence-corrected chi connectivity index (χ1v) is 8.37. The van der Waals surface area contributed by atoms with Crippen molar-refractivity contribution in [1.82, 2.24) is 10.3 Å². The van der Waals surface area contributed by atoms with Crippen LogP contribution >= 0.6 is 11.3 Å². The lowest BCUT2D eigenvalue weighted by atomic mass is 10.1. The maximum atomic E-state index is 12.4. The van der Waals surface area contributed by atoms with Crippen molar-refractivity contribution < 1.29 is 4.79 Å². The maximum Gasteiger partial charge on any atom is 0.253 e. The van der Waals surface area contributed by atoms with Crippen molar-refractivity contribution in [3.8, 4) is 10.6 Å². The van der Waals surface area contributed by atoms with Gasteiger partial charge in [-0.2, -0.15) is 0 Å². The molecule has 0 aliphatic rings. The highest BCUT2D eigenvalue weighted by Gasteiger charge is 2.11. The number of nitrogens with one attached hydrogen (secondary N) is 1. The molecule has 0 saturated carbocycles. The highest BCUT2D eigenvalue weighted by molar-refractivity contribution is 7.13. The van der Waals surface area contributed by atoms with Gasteiger partial charge in [0.25, 0.3) is 5.91 Å². The van der Waals surface area contributed by atoms with Crippen LogP contribution in [0, 0.1) is 13.8 Å². The molecule has 23 heavy (non-hydrogen) atoms. The monoisotopic (exact) mass is 322 g/mol. The Balaban J connectivity index is 1.71. The average molecular weight is 322 g/mol. The number of benzene rings is 1. The molecule has 2 aromatic heterocycles. The molecule has 116 valence electrons. The van der Waals surface area contributed by atoms with Gasteiger partial charge in [0, 0.05) is 6.54 Å². The molecule has 0 unspecified atom stereocenters. The van der Waals surface area contributed by atoms with Crippen molar-refractivity contribution in [1.29, 1.82) is 0 Å². The van der Waals surface area contributed by atoms with Crippen LogP contribution in [0.1, 0.15) is 27.2 Å². The molecule has 0 radical (unpaired) electrons. The van der Waals surface area contributed by atoms with Gasteiger partial charge in [-0.1, -0.05) is 35.9 Å². The van der Waals surface area contributed by atoms with Crippen LogP contribution in [0.2, 0.25) is 0 Å². The van der Waals surface area contributed by atoms with E-state index in [4.69, 9.17) is 0 Å². The Morgan fingerprint density at radius 3 is 2.52 bits per heavy atom. The van der Waals surface area contributed by atoms with E-state index in [1.165, 1.54) is 5.56 Å². The van der Waals surface area contributed by atoms with Crippen LogP contribution in [0.4, 0.5) is 0 Å². The van der Waals surface area contributed by atoms with Gasteiger partial charge in [0.1, 0.15) is 0 Å². The predicted octanol–water partition coefficient (Wildman–Crippen LogP) is 4.36. The number of carbonyl (C=O) groups is 1. The maximum absolute atomic E-state index is 12.4. The van der Waals surface area contributed by atoms with Crippen LogP contribution < -0.4 is 5.32 Å². The number of thiophene rings is 1. The Morgan fingerprint density at radius 1 is 1.09 bits per heavy atom. The molecule has 1 aromatic carbocycles. The lowest BCUT2D eigenvalue weighted by Gasteiger charge is -2.09. The Morgan fingerprint density at radius 2 is 1.87 bits per heavy atom. The van der Waals surface area contributed by atoms with Gasteiger partial charge >= 0.3 is 0 Å². The van der Waals surface area contributed by atoms with Gasteiger partial charge in [0.05, 0.1) is 21.8 Å². The van der Waals surface area contributed by atoms with E-state index in [0.29, 0.717) is 12.1 Å². The van der Waals surface area contributed by atoms with Crippen LogP contribution in [0.3, 0.4) is 0 Å². The molecule has 1 amide bonds. The lowest BCUT2D eigenvalue weighted by Crippen LogP contribution is -2.24. The lowest BCUT2D eigenvalue weighted by molar-refractivity contribution is 0.0950. The number of hydrogen-bond acceptors (Lipinski definition) is 3. The fourth-order valence-corrected chi connectivity index (χ4v) is 3.04. The summed E-state index contributed by atoms with van der Waals surface area (Å²) >= 11 is 1.64. The third-order valence-electron chi connectivity index (χ3n) is 3.68. The molecule has 2 heterocycles. The fraction of sp³-hybridized carbons (Fsp3) is 0.158. The summed E-state index contributed by atoms with van der Waals surface area (Å²) in [6.07, 6.45) is 0. The van der Waals surface area contributed by atoms with E-state index in [1.807, 2.05) is 67.8 Å². The van der Waals surface area contributed by atoms with Crippen molar-refractivity contribution in [2.45, 2.75) is 20.4 Å². The van der Waals surface area contributed by atoms with Gasteiger partial charge in [-0.25, -0.2) is 0 Å². The number of amides is 1. The number of nitrogens with zero attached hydrogens (tertiary/aromatic N) is 1. The van der Waals surface area contributed by atoms with Crippen LogP contribution in [-0.4, -0.2) is 10.9 Å². The number of carbonyl (C=O) groups excluding carboxylic acids is 1. The minimum Gasteiger partial charge on any atom is -0.348 e. The SMILES string of the molecule is Cc1ccc(CNC(=O)c2ccc(-c3cccs3)nc2C)cc1. The number of aryl methyl sites for hydroxylation is 2. The molecule has 0 fully saturated rings. The first-order valence-electron chi connectivity index (χ1n) is 7.49. The van der Waals surface area contributed by atoms with Crippen molar-refractivity contribution in [3.05, 3.63) is 76.3 Å². The Hall–Kier alpha value is -2.46. The normalized spacial score (nSPS) is 10.5. The van der Waals surface area contributed by atoms with E-state index < -0.39 is 0 Å². The minimum atomic E-state index is -0.0895. The van der Waals surface area contributed by atoms with Crippen molar-refractivity contribution in [2.75, 3.05) is 0 Å². The van der Waals surface area contributed by atoms with E-state index in [-0.39, 0.29) is 5.91 Å². The van der Waals surface area contributed by atoms with Crippen LogP contribution in [-0.2, 0) is 6.54 Å². The predicted molar refractivity (Wildman–Crippen MR) is 94.6 cm³/mol. The molecule has 3 aromatic rings. The summed E-state index contributed by atoms with van der Waals surface area (Å²) in [5.41, 5.74) is 4.58. The number of pyridine rings is 1. The number of aromatic nitrogens is 1. The molecule has 0 atom stereocenters. The summed E-state index contributed by atoms with van der Waals surface area (Å²) in [6.45, 7) is 4.44. The Bertz CT molecular complexity index is 808. The van der Waals surface area contributed by atoms with E-state index >= 15 is 0 Å². The van der Waals surface area contributed by atoms with Crippen LogP contribution in [0.15, 0.2) is 53.9 Å². The van der Waals surface area contributed by atoms with Gasteiger partial charge in [0.15, 0.2) is 0 Å². The highest BCUT2D eigenvalue weighted by atomic mass is 32.1.